The molecule has 1 saturated heterocycles. The first kappa shape index (κ1) is 25.0. The summed E-state index contributed by atoms with van der Waals surface area (Å²) in [6.45, 7) is 4.78. The lowest BCUT2D eigenvalue weighted by molar-refractivity contribution is 0.148. The Balaban J connectivity index is 1.27. The number of likely N-dealkylation sites (N-methyl/N-ethyl adjacent to an activating group) is 1. The van der Waals surface area contributed by atoms with Crippen LogP contribution in [0.25, 0.3) is 28.1 Å². The third-order valence-electron chi connectivity index (χ3n) is 7.24. The zero-order chi connectivity index (χ0) is 26.6. The third-order valence-corrected chi connectivity index (χ3v) is 7.24. The maximum absolute atomic E-state index is 15.0. The van der Waals surface area contributed by atoms with Crippen LogP contribution in [0.15, 0.2) is 109 Å². The van der Waals surface area contributed by atoms with Gasteiger partial charge in [0.15, 0.2) is 0 Å². The highest BCUT2D eigenvalue weighted by Crippen LogP contribution is 2.31. The number of hydrogen-bond acceptors (Lipinski definition) is 4. The van der Waals surface area contributed by atoms with Gasteiger partial charge in [-0.15, -0.1) is 0 Å². The van der Waals surface area contributed by atoms with Crippen LogP contribution >= 0.6 is 0 Å². The standard InChI is InChI=1S/C33H31FN4O/c1-36-19-21-37(22-20-36)24-27-23-35-38(33(27)31-9-5-6-10-32(31)34)28-15-11-25(12-16-28)26-13-17-30(18-14-26)39-29-7-3-2-4-8-29/h2-18,23H,19-22,24H2,1H3. The van der Waals surface area contributed by atoms with Crippen molar-refractivity contribution in [3.63, 3.8) is 0 Å². The minimum atomic E-state index is -0.242. The van der Waals surface area contributed by atoms with E-state index in [9.17, 15) is 0 Å². The predicted octanol–water partition coefficient (Wildman–Crippen LogP) is 6.89. The molecule has 0 N–H and O–H groups in total. The third kappa shape index (κ3) is 5.62. The molecule has 1 aromatic heterocycles. The van der Waals surface area contributed by atoms with E-state index in [1.165, 1.54) is 6.07 Å². The topological polar surface area (TPSA) is 33.5 Å². The van der Waals surface area contributed by atoms with Crippen molar-refractivity contribution in [3.05, 3.63) is 121 Å². The fourth-order valence-electron chi connectivity index (χ4n) is 5.02. The Kier molecular flexibility index (Phi) is 7.21. The number of rotatable bonds is 7. The number of aromatic nitrogens is 2. The van der Waals surface area contributed by atoms with Crippen molar-refractivity contribution in [2.75, 3.05) is 33.2 Å². The van der Waals surface area contributed by atoms with Crippen molar-refractivity contribution in [2.45, 2.75) is 6.54 Å². The number of piperazine rings is 1. The molecule has 39 heavy (non-hydrogen) atoms. The maximum atomic E-state index is 15.0. The number of nitrogens with zero attached hydrogens (tertiary/aromatic N) is 4. The molecule has 0 spiro atoms. The predicted molar refractivity (Wildman–Crippen MR) is 154 cm³/mol. The van der Waals surface area contributed by atoms with Gasteiger partial charge in [0.1, 0.15) is 17.3 Å². The van der Waals surface area contributed by atoms with E-state index in [0.717, 1.165) is 72.3 Å². The Morgan fingerprint density at radius 3 is 2.03 bits per heavy atom. The Hall–Kier alpha value is -4.26. The molecule has 1 aliphatic heterocycles. The molecule has 4 aromatic carbocycles. The number of halogens is 1. The minimum Gasteiger partial charge on any atom is -0.457 e. The van der Waals surface area contributed by atoms with Crippen molar-refractivity contribution in [3.8, 4) is 39.6 Å². The van der Waals surface area contributed by atoms with Gasteiger partial charge in [0, 0.05) is 43.9 Å². The van der Waals surface area contributed by atoms with Gasteiger partial charge < -0.3 is 9.64 Å². The normalized spacial score (nSPS) is 14.4. The first-order chi connectivity index (χ1) is 19.1. The van der Waals surface area contributed by atoms with Gasteiger partial charge in [-0.25, -0.2) is 9.07 Å². The van der Waals surface area contributed by atoms with Crippen LogP contribution in [-0.2, 0) is 6.54 Å². The van der Waals surface area contributed by atoms with Crippen LogP contribution in [-0.4, -0.2) is 52.8 Å². The van der Waals surface area contributed by atoms with Crippen molar-refractivity contribution < 1.29 is 9.13 Å². The van der Waals surface area contributed by atoms with Gasteiger partial charge in [-0.3, -0.25) is 4.90 Å². The molecule has 6 heteroatoms. The molecule has 0 saturated carbocycles. The lowest BCUT2D eigenvalue weighted by Gasteiger charge is -2.32. The quantitative estimate of drug-likeness (QED) is 0.235. The molecule has 0 radical (unpaired) electrons. The molecule has 1 fully saturated rings. The van der Waals surface area contributed by atoms with Gasteiger partial charge in [0.2, 0.25) is 0 Å². The largest absolute Gasteiger partial charge is 0.457 e. The highest BCUT2D eigenvalue weighted by Gasteiger charge is 2.21. The Morgan fingerprint density at radius 1 is 0.718 bits per heavy atom. The number of ether oxygens (including phenoxy) is 1. The van der Waals surface area contributed by atoms with Gasteiger partial charge in [-0.1, -0.05) is 54.6 Å². The van der Waals surface area contributed by atoms with Crippen LogP contribution in [0.3, 0.4) is 0 Å². The number of benzene rings is 4. The molecule has 0 atom stereocenters. The SMILES string of the molecule is CN1CCN(Cc2cnn(-c3ccc(-c4ccc(Oc5ccccc5)cc4)cc3)c2-c2ccccc2F)CC1. The average molecular weight is 519 g/mol. The van der Waals surface area contributed by atoms with Gasteiger partial charge in [-0.05, 0) is 66.7 Å². The maximum Gasteiger partial charge on any atom is 0.132 e. The van der Waals surface area contributed by atoms with Crippen molar-refractivity contribution in [1.82, 2.24) is 19.6 Å². The molecule has 0 unspecified atom stereocenters. The minimum absolute atomic E-state index is 0.242. The molecule has 0 amide bonds. The summed E-state index contributed by atoms with van der Waals surface area (Å²) in [7, 11) is 2.15. The van der Waals surface area contributed by atoms with Gasteiger partial charge in [-0.2, -0.15) is 5.10 Å². The molecule has 5 nitrogen and oxygen atoms in total. The molecule has 6 rings (SSSR count). The van der Waals surface area contributed by atoms with E-state index in [1.807, 2.05) is 77.6 Å². The first-order valence-electron chi connectivity index (χ1n) is 13.3. The molecule has 5 aromatic rings. The van der Waals surface area contributed by atoms with Crippen molar-refractivity contribution in [1.29, 1.82) is 0 Å². The van der Waals surface area contributed by atoms with E-state index in [2.05, 4.69) is 41.1 Å². The van der Waals surface area contributed by atoms with E-state index in [-0.39, 0.29) is 5.82 Å². The summed E-state index contributed by atoms with van der Waals surface area (Å²) in [6, 6.07) is 33.0. The molecule has 0 aliphatic carbocycles. The van der Waals surface area contributed by atoms with Gasteiger partial charge in [0.05, 0.1) is 17.6 Å². The van der Waals surface area contributed by atoms with E-state index in [0.29, 0.717) is 5.56 Å². The molecule has 1 aliphatic rings. The van der Waals surface area contributed by atoms with Crippen LogP contribution in [0.4, 0.5) is 4.39 Å². The second-order valence-corrected chi connectivity index (χ2v) is 9.98. The smallest absolute Gasteiger partial charge is 0.132 e. The van der Waals surface area contributed by atoms with E-state index in [4.69, 9.17) is 9.84 Å². The Morgan fingerprint density at radius 2 is 1.33 bits per heavy atom. The van der Waals surface area contributed by atoms with E-state index < -0.39 is 0 Å². The molecule has 2 heterocycles. The van der Waals surface area contributed by atoms with Crippen molar-refractivity contribution >= 4 is 0 Å². The average Bonchev–Trinajstić information content (AvgIpc) is 3.39. The lowest BCUT2D eigenvalue weighted by Crippen LogP contribution is -2.43. The van der Waals surface area contributed by atoms with Crippen molar-refractivity contribution in [2.24, 2.45) is 0 Å². The summed E-state index contributed by atoms with van der Waals surface area (Å²) in [5.41, 5.74) is 5.47. The van der Waals surface area contributed by atoms with Crippen LogP contribution in [0, 0.1) is 5.82 Å². The highest BCUT2D eigenvalue weighted by atomic mass is 19.1. The molecular weight excluding hydrogens is 487 g/mol. The first-order valence-corrected chi connectivity index (χ1v) is 13.3. The van der Waals surface area contributed by atoms with Gasteiger partial charge >= 0.3 is 0 Å². The van der Waals surface area contributed by atoms with Gasteiger partial charge in [0.25, 0.3) is 0 Å². The Labute approximate surface area is 228 Å². The van der Waals surface area contributed by atoms with E-state index >= 15 is 4.39 Å². The monoisotopic (exact) mass is 518 g/mol. The molecule has 0 bridgehead atoms. The summed E-state index contributed by atoms with van der Waals surface area (Å²) in [6.07, 6.45) is 1.89. The van der Waals surface area contributed by atoms with Crippen LogP contribution in [0.1, 0.15) is 5.56 Å². The zero-order valence-electron chi connectivity index (χ0n) is 22.0. The fraction of sp³-hybridized carbons (Fsp3) is 0.182. The zero-order valence-corrected chi connectivity index (χ0v) is 22.0. The summed E-state index contributed by atoms with van der Waals surface area (Å²) < 4.78 is 22.8. The summed E-state index contributed by atoms with van der Waals surface area (Å²) in [5.74, 6) is 1.36. The summed E-state index contributed by atoms with van der Waals surface area (Å²) >= 11 is 0. The fourth-order valence-corrected chi connectivity index (χ4v) is 5.02. The number of hydrogen-bond donors (Lipinski definition) is 0. The van der Waals surface area contributed by atoms with Crippen LogP contribution in [0.2, 0.25) is 0 Å². The summed E-state index contributed by atoms with van der Waals surface area (Å²) in [5, 5.41) is 4.73. The molecule has 196 valence electrons. The Bertz CT molecular complexity index is 1520. The van der Waals surface area contributed by atoms with Crippen LogP contribution < -0.4 is 4.74 Å². The van der Waals surface area contributed by atoms with E-state index in [1.54, 1.807) is 6.07 Å². The molecular formula is C33H31FN4O. The lowest BCUT2D eigenvalue weighted by atomic mass is 10.0. The summed E-state index contributed by atoms with van der Waals surface area (Å²) in [4.78, 5) is 4.75. The highest BCUT2D eigenvalue weighted by molar-refractivity contribution is 5.69. The second kappa shape index (κ2) is 11.2. The van der Waals surface area contributed by atoms with Crippen LogP contribution in [0.5, 0.6) is 11.5 Å². The number of para-hydroxylation sites is 1. The second-order valence-electron chi connectivity index (χ2n) is 9.98.